The average Bonchev–Trinajstić information content (AvgIpc) is 2.50. The van der Waals surface area contributed by atoms with Crippen molar-refractivity contribution in [3.8, 4) is 11.1 Å². The van der Waals surface area contributed by atoms with Crippen LogP contribution in [0.5, 0.6) is 0 Å². The van der Waals surface area contributed by atoms with Crippen molar-refractivity contribution >= 4 is 21.5 Å². The topological polar surface area (TPSA) is 88.5 Å². The van der Waals surface area contributed by atoms with Crippen molar-refractivity contribution in [2.45, 2.75) is 4.90 Å². The zero-order valence-electron chi connectivity index (χ0n) is 11.9. The van der Waals surface area contributed by atoms with Crippen LogP contribution < -0.4 is 10.7 Å². The van der Waals surface area contributed by atoms with Crippen molar-refractivity contribution in [1.82, 2.24) is 4.57 Å². The first-order valence-corrected chi connectivity index (χ1v) is 8.24. The molecule has 0 aliphatic rings. The molecule has 0 saturated heterocycles. The van der Waals surface area contributed by atoms with E-state index < -0.39 is 10.8 Å². The molecule has 0 fully saturated rings. The van der Waals surface area contributed by atoms with Gasteiger partial charge < -0.3 is 4.57 Å². The molecule has 0 aliphatic carbocycles. The van der Waals surface area contributed by atoms with E-state index in [-0.39, 0.29) is 10.5 Å². The number of rotatable bonds is 2. The summed E-state index contributed by atoms with van der Waals surface area (Å²) in [6.07, 6.45) is 1.74. The largest absolute Gasteiger partial charge is 0.317 e. The molecule has 0 aliphatic heterocycles. The van der Waals surface area contributed by atoms with Gasteiger partial charge in [-0.15, -0.1) is 10.8 Å². The Morgan fingerprint density at radius 3 is 2.41 bits per heavy atom. The van der Waals surface area contributed by atoms with Gasteiger partial charge in [-0.05, 0) is 29.1 Å². The van der Waals surface area contributed by atoms with E-state index in [1.165, 1.54) is 4.57 Å². The van der Waals surface area contributed by atoms with Gasteiger partial charge in [-0.3, -0.25) is 13.9 Å². The smallest absolute Gasteiger partial charge is 0.258 e. The van der Waals surface area contributed by atoms with Crippen molar-refractivity contribution in [3.05, 3.63) is 65.1 Å². The number of nitrogens with zero attached hydrogens (tertiary/aromatic N) is 1. The number of pyridine rings is 1. The van der Waals surface area contributed by atoms with Gasteiger partial charge in [0.25, 0.3) is 5.56 Å². The number of hydrogen-bond donors (Lipinski definition) is 3. The summed E-state index contributed by atoms with van der Waals surface area (Å²) in [6, 6.07) is 14.1. The highest BCUT2D eigenvalue weighted by atomic mass is 32.3. The first-order chi connectivity index (χ1) is 10.4. The normalized spacial score (nSPS) is 12.5. The molecule has 4 N–H and O–H groups in total. The molecule has 1 aromatic heterocycles. The van der Waals surface area contributed by atoms with Crippen LogP contribution in [-0.2, 0) is 7.05 Å². The molecule has 0 amide bonds. The van der Waals surface area contributed by atoms with Gasteiger partial charge in [0.2, 0.25) is 0 Å². The number of aryl methyl sites for hydroxylation is 1. The number of hydrogen-bond acceptors (Lipinski definition) is 4. The lowest BCUT2D eigenvalue weighted by Gasteiger charge is -2.26. The molecule has 6 heteroatoms. The fraction of sp³-hybridized carbons (Fsp3) is 0.0625. The predicted octanol–water partition coefficient (Wildman–Crippen LogP) is 3.19. The van der Waals surface area contributed by atoms with Crippen LogP contribution in [0.3, 0.4) is 0 Å². The Morgan fingerprint density at radius 1 is 1.05 bits per heavy atom. The quantitative estimate of drug-likeness (QED) is 0.677. The molecule has 0 saturated carbocycles. The fourth-order valence-electron chi connectivity index (χ4n) is 2.50. The summed E-state index contributed by atoms with van der Waals surface area (Å²) in [5, 5.41) is 6.84. The number of fused-ring (bicyclic) bond motifs is 1. The van der Waals surface area contributed by atoms with Crippen LogP contribution in [0, 0.1) is 0 Å². The molecular weight excluding hydrogens is 300 g/mol. The van der Waals surface area contributed by atoms with E-state index in [1.807, 2.05) is 24.3 Å². The SMILES string of the molecule is Cn1cc(-c2cccc(S(N)(O)O)c2)c2ccccc2c1=O. The van der Waals surface area contributed by atoms with Gasteiger partial charge in [-0.25, -0.2) is 5.14 Å². The van der Waals surface area contributed by atoms with Crippen LogP contribution in [0.2, 0.25) is 0 Å². The Labute approximate surface area is 129 Å². The van der Waals surface area contributed by atoms with Gasteiger partial charge in [-0.1, -0.05) is 30.3 Å². The number of benzene rings is 2. The molecule has 114 valence electrons. The fourth-order valence-corrected chi connectivity index (χ4v) is 3.08. The Balaban J connectivity index is 2.32. The summed E-state index contributed by atoms with van der Waals surface area (Å²) in [6.45, 7) is 0. The van der Waals surface area contributed by atoms with Crippen LogP contribution in [0.25, 0.3) is 21.9 Å². The zero-order valence-corrected chi connectivity index (χ0v) is 12.7. The molecule has 0 spiro atoms. The lowest BCUT2D eigenvalue weighted by atomic mass is 10.0. The maximum Gasteiger partial charge on any atom is 0.258 e. The Bertz CT molecular complexity index is 913. The Kier molecular flexibility index (Phi) is 3.54. The molecule has 0 radical (unpaired) electrons. The van der Waals surface area contributed by atoms with E-state index in [1.54, 1.807) is 37.5 Å². The molecule has 3 aromatic rings. The van der Waals surface area contributed by atoms with Crippen LogP contribution >= 0.6 is 10.8 Å². The van der Waals surface area contributed by atoms with Gasteiger partial charge in [0.1, 0.15) is 0 Å². The monoisotopic (exact) mass is 316 g/mol. The van der Waals surface area contributed by atoms with Gasteiger partial charge in [-0.2, -0.15) is 0 Å². The lowest BCUT2D eigenvalue weighted by molar-refractivity contribution is 0.489. The molecular formula is C16H16N2O3S. The van der Waals surface area contributed by atoms with Gasteiger partial charge in [0, 0.05) is 24.2 Å². The molecule has 0 atom stereocenters. The molecule has 0 unspecified atom stereocenters. The number of nitrogens with two attached hydrogens (primary N) is 1. The summed E-state index contributed by atoms with van der Waals surface area (Å²) >= 11 is 0. The third-order valence-electron chi connectivity index (χ3n) is 3.58. The maximum atomic E-state index is 12.2. The molecule has 2 aromatic carbocycles. The first kappa shape index (κ1) is 14.8. The van der Waals surface area contributed by atoms with Crippen molar-refractivity contribution in [2.75, 3.05) is 0 Å². The molecule has 22 heavy (non-hydrogen) atoms. The van der Waals surface area contributed by atoms with Crippen LogP contribution in [0.1, 0.15) is 0 Å². The summed E-state index contributed by atoms with van der Waals surface area (Å²) in [5.74, 6) is 0. The highest BCUT2D eigenvalue weighted by Crippen LogP contribution is 2.41. The van der Waals surface area contributed by atoms with Crippen LogP contribution in [0.15, 0.2) is 64.4 Å². The van der Waals surface area contributed by atoms with E-state index in [0.717, 1.165) is 16.5 Å². The maximum absolute atomic E-state index is 12.2. The van der Waals surface area contributed by atoms with Crippen molar-refractivity contribution < 1.29 is 9.11 Å². The van der Waals surface area contributed by atoms with Gasteiger partial charge in [0.15, 0.2) is 0 Å². The molecule has 0 bridgehead atoms. The van der Waals surface area contributed by atoms with E-state index in [0.29, 0.717) is 5.39 Å². The number of aromatic nitrogens is 1. The van der Waals surface area contributed by atoms with Crippen LogP contribution in [0.4, 0.5) is 0 Å². The second-order valence-corrected chi connectivity index (χ2v) is 6.78. The highest BCUT2D eigenvalue weighted by molar-refractivity contribution is 8.22. The first-order valence-electron chi connectivity index (χ1n) is 6.63. The van der Waals surface area contributed by atoms with Gasteiger partial charge in [0.05, 0.1) is 4.90 Å². The van der Waals surface area contributed by atoms with Crippen LogP contribution in [-0.4, -0.2) is 13.7 Å². The standard InChI is InChI=1S/C16H16N2O3S/c1-18-10-15(13-7-2-3-8-14(13)16(18)19)11-5-4-6-12(9-11)22(17,20)21/h2-10,20-21H,17H2,1H3. The van der Waals surface area contributed by atoms with Crippen molar-refractivity contribution in [3.63, 3.8) is 0 Å². The molecule has 5 nitrogen and oxygen atoms in total. The summed E-state index contributed by atoms with van der Waals surface area (Å²) in [5.41, 5.74) is 1.54. The van der Waals surface area contributed by atoms with Crippen molar-refractivity contribution in [2.24, 2.45) is 12.2 Å². The van der Waals surface area contributed by atoms with Crippen molar-refractivity contribution in [1.29, 1.82) is 0 Å². The second kappa shape index (κ2) is 5.26. The second-order valence-electron chi connectivity index (χ2n) is 5.13. The van der Waals surface area contributed by atoms with E-state index >= 15 is 0 Å². The third-order valence-corrected chi connectivity index (χ3v) is 4.53. The molecule has 1 heterocycles. The minimum absolute atomic E-state index is 0.0707. The highest BCUT2D eigenvalue weighted by Gasteiger charge is 2.13. The molecule has 3 rings (SSSR count). The third kappa shape index (κ3) is 2.53. The summed E-state index contributed by atoms with van der Waals surface area (Å²) < 4.78 is 20.8. The lowest BCUT2D eigenvalue weighted by Crippen LogP contribution is -2.16. The van der Waals surface area contributed by atoms with E-state index in [2.05, 4.69) is 0 Å². The predicted molar refractivity (Wildman–Crippen MR) is 89.9 cm³/mol. The average molecular weight is 316 g/mol. The van der Waals surface area contributed by atoms with E-state index in [4.69, 9.17) is 5.14 Å². The minimum Gasteiger partial charge on any atom is -0.317 e. The zero-order chi connectivity index (χ0) is 15.9. The summed E-state index contributed by atoms with van der Waals surface area (Å²) in [4.78, 5) is 12.5. The van der Waals surface area contributed by atoms with E-state index in [9.17, 15) is 13.9 Å². The minimum atomic E-state index is -3.27. The summed E-state index contributed by atoms with van der Waals surface area (Å²) in [7, 11) is -1.58. The Hall–Kier alpha value is -2.12. The Morgan fingerprint density at radius 2 is 1.73 bits per heavy atom. The van der Waals surface area contributed by atoms with Gasteiger partial charge >= 0.3 is 0 Å².